The third-order valence-corrected chi connectivity index (χ3v) is 2.83. The van der Waals surface area contributed by atoms with Gasteiger partial charge in [-0.2, -0.15) is 0 Å². The van der Waals surface area contributed by atoms with E-state index in [9.17, 15) is 9.59 Å². The molecule has 0 aliphatic rings. The molecule has 0 radical (unpaired) electrons. The van der Waals surface area contributed by atoms with Gasteiger partial charge < -0.3 is 15.4 Å². The zero-order valence-corrected chi connectivity index (χ0v) is 10.0. The van der Waals surface area contributed by atoms with Crippen molar-refractivity contribution in [2.24, 2.45) is 0 Å². The summed E-state index contributed by atoms with van der Waals surface area (Å²) in [5.41, 5.74) is 6.05. The summed E-state index contributed by atoms with van der Waals surface area (Å²) in [4.78, 5) is 24.7. The molecule has 1 aromatic heterocycles. The van der Waals surface area contributed by atoms with Crippen LogP contribution < -0.4 is 5.73 Å². The summed E-state index contributed by atoms with van der Waals surface area (Å²) >= 11 is 1.26. The second kappa shape index (κ2) is 5.50. The molecule has 0 atom stereocenters. The Kier molecular flexibility index (Phi) is 4.30. The van der Waals surface area contributed by atoms with Crippen molar-refractivity contribution in [3.05, 3.63) is 16.3 Å². The van der Waals surface area contributed by atoms with Crippen molar-refractivity contribution in [1.29, 1.82) is 0 Å². The van der Waals surface area contributed by atoms with E-state index in [4.69, 9.17) is 10.5 Å². The zero-order valence-electron chi connectivity index (χ0n) is 9.23. The van der Waals surface area contributed by atoms with Crippen molar-refractivity contribution in [1.82, 2.24) is 4.90 Å². The second-order valence-corrected chi connectivity index (χ2v) is 4.09. The third-order valence-electron chi connectivity index (χ3n) is 1.91. The number of carbonyl (C=O) groups excluding carboxylic acids is 2. The van der Waals surface area contributed by atoms with Crippen LogP contribution >= 0.6 is 11.3 Å². The Hall–Kier alpha value is -1.56. The number of nitrogen functional groups attached to an aromatic ring is 1. The van der Waals surface area contributed by atoms with E-state index in [2.05, 4.69) is 0 Å². The largest absolute Gasteiger partial charge is 0.465 e. The van der Waals surface area contributed by atoms with Crippen LogP contribution in [0.5, 0.6) is 0 Å². The van der Waals surface area contributed by atoms with Crippen LogP contribution in [-0.2, 0) is 9.53 Å². The predicted octanol–water partition coefficient (Wildman–Crippen LogP) is 0.965. The highest BCUT2D eigenvalue weighted by molar-refractivity contribution is 7.12. The van der Waals surface area contributed by atoms with E-state index in [1.54, 1.807) is 25.4 Å². The van der Waals surface area contributed by atoms with Gasteiger partial charge in [-0.1, -0.05) is 0 Å². The molecule has 1 rings (SSSR count). The van der Waals surface area contributed by atoms with E-state index in [1.807, 2.05) is 0 Å². The number of thiophene rings is 1. The molecule has 16 heavy (non-hydrogen) atoms. The van der Waals surface area contributed by atoms with Gasteiger partial charge in [0.05, 0.1) is 12.3 Å². The molecule has 0 fully saturated rings. The number of hydrogen-bond donors (Lipinski definition) is 1. The summed E-state index contributed by atoms with van der Waals surface area (Å²) in [6, 6.07) is 1.66. The maximum atomic E-state index is 11.8. The standard InChI is InChI=1S/C10H14N2O3S/c1-3-15-8(13)6-12(2)10(14)9-7(11)4-5-16-9/h4-5H,3,6,11H2,1-2H3. The van der Waals surface area contributed by atoms with Gasteiger partial charge in [0.2, 0.25) is 0 Å². The van der Waals surface area contributed by atoms with Crippen molar-refractivity contribution in [3.63, 3.8) is 0 Å². The van der Waals surface area contributed by atoms with E-state index in [0.717, 1.165) is 0 Å². The van der Waals surface area contributed by atoms with E-state index >= 15 is 0 Å². The lowest BCUT2D eigenvalue weighted by Crippen LogP contribution is -2.32. The highest BCUT2D eigenvalue weighted by Crippen LogP contribution is 2.20. The Morgan fingerprint density at radius 1 is 1.56 bits per heavy atom. The first kappa shape index (κ1) is 12.5. The van der Waals surface area contributed by atoms with Crippen LogP contribution in [0.3, 0.4) is 0 Å². The highest BCUT2D eigenvalue weighted by atomic mass is 32.1. The lowest BCUT2D eigenvalue weighted by Gasteiger charge is -2.15. The minimum Gasteiger partial charge on any atom is -0.465 e. The first-order valence-electron chi connectivity index (χ1n) is 4.80. The van der Waals surface area contributed by atoms with Crippen LogP contribution in [0.15, 0.2) is 11.4 Å². The van der Waals surface area contributed by atoms with Gasteiger partial charge >= 0.3 is 5.97 Å². The predicted molar refractivity (Wildman–Crippen MR) is 62.3 cm³/mol. The number of carbonyl (C=O) groups is 2. The van der Waals surface area contributed by atoms with Gasteiger partial charge in [-0.25, -0.2) is 0 Å². The van der Waals surface area contributed by atoms with Crippen LogP contribution in [0, 0.1) is 0 Å². The molecule has 6 heteroatoms. The Bertz CT molecular complexity index is 389. The van der Waals surface area contributed by atoms with Gasteiger partial charge in [0.1, 0.15) is 11.4 Å². The molecular formula is C10H14N2O3S. The fourth-order valence-electron chi connectivity index (χ4n) is 1.14. The van der Waals surface area contributed by atoms with E-state index in [0.29, 0.717) is 17.2 Å². The number of rotatable bonds is 4. The minimum atomic E-state index is -0.423. The summed E-state index contributed by atoms with van der Waals surface area (Å²) in [5, 5.41) is 1.74. The molecule has 0 bridgehead atoms. The third kappa shape index (κ3) is 2.96. The van der Waals surface area contributed by atoms with Crippen molar-refractivity contribution in [2.45, 2.75) is 6.92 Å². The molecule has 2 N–H and O–H groups in total. The van der Waals surface area contributed by atoms with E-state index in [1.165, 1.54) is 16.2 Å². The SMILES string of the molecule is CCOC(=O)CN(C)C(=O)c1sccc1N. The van der Waals surface area contributed by atoms with Crippen LogP contribution in [-0.4, -0.2) is 37.0 Å². The molecule has 0 aromatic carbocycles. The molecule has 0 aliphatic carbocycles. The fraction of sp³-hybridized carbons (Fsp3) is 0.400. The monoisotopic (exact) mass is 242 g/mol. The number of amides is 1. The maximum absolute atomic E-state index is 11.8. The first-order chi connectivity index (χ1) is 7.56. The summed E-state index contributed by atoms with van der Waals surface area (Å²) in [6.07, 6.45) is 0. The number of nitrogens with zero attached hydrogens (tertiary/aromatic N) is 1. The highest BCUT2D eigenvalue weighted by Gasteiger charge is 2.18. The first-order valence-corrected chi connectivity index (χ1v) is 5.68. The maximum Gasteiger partial charge on any atom is 0.325 e. The average molecular weight is 242 g/mol. The molecule has 0 saturated heterocycles. The molecule has 1 amide bonds. The number of nitrogens with two attached hydrogens (primary N) is 1. The van der Waals surface area contributed by atoms with Gasteiger partial charge in [0.15, 0.2) is 0 Å². The van der Waals surface area contributed by atoms with Crippen LogP contribution in [0.25, 0.3) is 0 Å². The summed E-state index contributed by atoms with van der Waals surface area (Å²) < 4.78 is 4.75. The summed E-state index contributed by atoms with van der Waals surface area (Å²) in [6.45, 7) is 1.96. The molecule has 88 valence electrons. The van der Waals surface area contributed by atoms with E-state index < -0.39 is 5.97 Å². The molecular weight excluding hydrogens is 228 g/mol. The number of anilines is 1. The molecule has 0 aliphatic heterocycles. The molecule has 0 spiro atoms. The average Bonchev–Trinajstić information content (AvgIpc) is 2.63. The number of hydrogen-bond acceptors (Lipinski definition) is 5. The Morgan fingerprint density at radius 3 is 2.75 bits per heavy atom. The quantitative estimate of drug-likeness (QED) is 0.798. The fourth-order valence-corrected chi connectivity index (χ4v) is 1.95. The van der Waals surface area contributed by atoms with Crippen molar-refractivity contribution >= 4 is 28.9 Å². The second-order valence-electron chi connectivity index (χ2n) is 3.17. The lowest BCUT2D eigenvalue weighted by molar-refractivity contribution is -0.143. The van der Waals surface area contributed by atoms with Gasteiger partial charge in [0.25, 0.3) is 5.91 Å². The number of likely N-dealkylation sites (N-methyl/N-ethyl adjacent to an activating group) is 1. The number of ether oxygens (including phenoxy) is 1. The molecule has 1 heterocycles. The molecule has 1 aromatic rings. The normalized spacial score (nSPS) is 9.88. The Balaban J connectivity index is 2.61. The van der Waals surface area contributed by atoms with Gasteiger partial charge in [-0.3, -0.25) is 9.59 Å². The number of esters is 1. The zero-order chi connectivity index (χ0) is 12.1. The van der Waals surface area contributed by atoms with E-state index in [-0.39, 0.29) is 12.5 Å². The van der Waals surface area contributed by atoms with Crippen molar-refractivity contribution < 1.29 is 14.3 Å². The molecule has 0 unspecified atom stereocenters. The van der Waals surface area contributed by atoms with Gasteiger partial charge in [-0.05, 0) is 18.4 Å². The van der Waals surface area contributed by atoms with Crippen LogP contribution in [0.4, 0.5) is 5.69 Å². The lowest BCUT2D eigenvalue weighted by atomic mass is 10.3. The molecule has 5 nitrogen and oxygen atoms in total. The van der Waals surface area contributed by atoms with Crippen molar-refractivity contribution in [3.8, 4) is 0 Å². The minimum absolute atomic E-state index is 0.0655. The van der Waals surface area contributed by atoms with Gasteiger partial charge in [-0.15, -0.1) is 11.3 Å². The topological polar surface area (TPSA) is 72.6 Å². The smallest absolute Gasteiger partial charge is 0.325 e. The van der Waals surface area contributed by atoms with Gasteiger partial charge in [0, 0.05) is 7.05 Å². The van der Waals surface area contributed by atoms with Crippen molar-refractivity contribution in [2.75, 3.05) is 25.9 Å². The van der Waals surface area contributed by atoms with Crippen LogP contribution in [0.2, 0.25) is 0 Å². The Labute approximate surface area is 97.8 Å². The summed E-state index contributed by atoms with van der Waals surface area (Å²) in [5.74, 6) is -0.686. The molecule has 0 saturated carbocycles. The Morgan fingerprint density at radius 2 is 2.25 bits per heavy atom. The van der Waals surface area contributed by atoms with Crippen LogP contribution in [0.1, 0.15) is 16.6 Å². The summed E-state index contributed by atoms with van der Waals surface area (Å²) in [7, 11) is 1.54.